The van der Waals surface area contributed by atoms with E-state index < -0.39 is 10.7 Å². The van der Waals surface area contributed by atoms with Crippen LogP contribution in [0.25, 0.3) is 0 Å². The van der Waals surface area contributed by atoms with E-state index in [1.807, 2.05) is 0 Å². The van der Waals surface area contributed by atoms with Crippen molar-refractivity contribution >= 4 is 18.1 Å². The summed E-state index contributed by atoms with van der Waals surface area (Å²) < 4.78 is 12.9. The van der Waals surface area contributed by atoms with Gasteiger partial charge in [0.15, 0.2) is 0 Å². The summed E-state index contributed by atoms with van der Waals surface area (Å²) in [4.78, 5) is 10.2. The number of nitrogens with one attached hydrogen (secondary N) is 1. The zero-order valence-electron chi connectivity index (χ0n) is 7.77. The summed E-state index contributed by atoms with van der Waals surface area (Å²) in [5.41, 5.74) is 0.435. The van der Waals surface area contributed by atoms with E-state index in [4.69, 9.17) is 0 Å². The van der Waals surface area contributed by atoms with Crippen LogP contribution in [-0.2, 0) is 0 Å². The van der Waals surface area contributed by atoms with Crippen LogP contribution in [0.5, 0.6) is 0 Å². The Labute approximate surface area is 92.0 Å². The van der Waals surface area contributed by atoms with Gasteiger partial charge in [0, 0.05) is 17.7 Å². The Hall–Kier alpha value is -1.20. The maximum Gasteiger partial charge on any atom is 0.274 e. The lowest BCUT2D eigenvalue weighted by atomic mass is 9.96. The van der Waals surface area contributed by atoms with E-state index in [-0.39, 0.29) is 24.1 Å². The van der Waals surface area contributed by atoms with Crippen molar-refractivity contribution in [3.05, 3.63) is 39.7 Å². The molecule has 1 N–H and O–H groups in total. The highest BCUT2D eigenvalue weighted by Gasteiger charge is 2.26. The molecule has 0 aromatic heterocycles. The summed E-state index contributed by atoms with van der Waals surface area (Å²) >= 11 is 0. The fourth-order valence-corrected chi connectivity index (χ4v) is 1.52. The van der Waals surface area contributed by atoms with Crippen LogP contribution in [0.2, 0.25) is 0 Å². The molecule has 0 unspecified atom stereocenters. The molecule has 0 radical (unpaired) electrons. The summed E-state index contributed by atoms with van der Waals surface area (Å²) in [5.74, 6) is -0.431. The highest BCUT2D eigenvalue weighted by molar-refractivity contribution is 5.85. The van der Waals surface area contributed by atoms with Gasteiger partial charge in [0.25, 0.3) is 5.69 Å². The molecular formula is C9H10ClFN2O2. The minimum Gasteiger partial charge on any atom is -0.310 e. The zero-order valence-corrected chi connectivity index (χ0v) is 8.59. The molecule has 0 saturated carbocycles. The lowest BCUT2D eigenvalue weighted by Gasteiger charge is -2.27. The Bertz CT molecular complexity index is 382. The van der Waals surface area contributed by atoms with Gasteiger partial charge in [0.2, 0.25) is 0 Å². The van der Waals surface area contributed by atoms with Crippen LogP contribution in [0.15, 0.2) is 18.2 Å². The van der Waals surface area contributed by atoms with E-state index in [9.17, 15) is 14.5 Å². The molecule has 82 valence electrons. The average molecular weight is 233 g/mol. The third kappa shape index (κ3) is 2.24. The maximum absolute atomic E-state index is 12.9. The van der Waals surface area contributed by atoms with Crippen LogP contribution in [-0.4, -0.2) is 11.5 Å². The van der Waals surface area contributed by atoms with Crippen LogP contribution in [0, 0.1) is 15.9 Å². The highest BCUT2D eigenvalue weighted by atomic mass is 35.5. The van der Waals surface area contributed by atoms with Crippen molar-refractivity contribution in [3.8, 4) is 0 Å². The molecule has 1 heterocycles. The topological polar surface area (TPSA) is 55.2 Å². The predicted molar refractivity (Wildman–Crippen MR) is 55.7 cm³/mol. The molecule has 0 bridgehead atoms. The zero-order chi connectivity index (χ0) is 10.1. The first-order valence-electron chi connectivity index (χ1n) is 4.35. The van der Waals surface area contributed by atoms with Crippen molar-refractivity contribution in [2.75, 3.05) is 6.54 Å². The number of benzene rings is 1. The van der Waals surface area contributed by atoms with Gasteiger partial charge in [0.05, 0.1) is 4.92 Å². The number of rotatable bonds is 2. The van der Waals surface area contributed by atoms with E-state index in [0.29, 0.717) is 5.56 Å². The Kier molecular flexibility index (Phi) is 3.60. The highest BCUT2D eigenvalue weighted by Crippen LogP contribution is 2.31. The first kappa shape index (κ1) is 11.9. The Morgan fingerprint density at radius 1 is 1.53 bits per heavy atom. The van der Waals surface area contributed by atoms with E-state index in [1.54, 1.807) is 0 Å². The lowest BCUT2D eigenvalue weighted by molar-refractivity contribution is -0.386. The van der Waals surface area contributed by atoms with Crippen LogP contribution in [0.4, 0.5) is 10.1 Å². The standard InChI is InChI=1S/C9H9FN2O2.ClH/c10-6-1-2-9(12(13)14)7(5-6)8-3-4-11-8;/h1-2,5,8,11H,3-4H2;1H/t8-;/m1./s1. The summed E-state index contributed by atoms with van der Waals surface area (Å²) in [7, 11) is 0. The maximum atomic E-state index is 12.9. The Balaban J connectivity index is 0.00000112. The van der Waals surface area contributed by atoms with E-state index in [0.717, 1.165) is 19.0 Å². The van der Waals surface area contributed by atoms with Crippen molar-refractivity contribution < 1.29 is 9.31 Å². The number of nitro benzene ring substituents is 1. The molecule has 1 fully saturated rings. The number of nitro groups is 1. The van der Waals surface area contributed by atoms with Crippen molar-refractivity contribution in [2.24, 2.45) is 0 Å². The first-order valence-corrected chi connectivity index (χ1v) is 4.35. The average Bonchev–Trinajstić information content (AvgIpc) is 2.00. The van der Waals surface area contributed by atoms with Crippen molar-refractivity contribution in [3.63, 3.8) is 0 Å². The third-order valence-electron chi connectivity index (χ3n) is 2.39. The van der Waals surface area contributed by atoms with Gasteiger partial charge in [-0.25, -0.2) is 4.39 Å². The van der Waals surface area contributed by atoms with Gasteiger partial charge in [-0.15, -0.1) is 12.4 Å². The second-order valence-electron chi connectivity index (χ2n) is 3.26. The number of nitrogens with zero attached hydrogens (tertiary/aromatic N) is 1. The second kappa shape index (κ2) is 4.55. The molecule has 0 spiro atoms. The molecule has 2 rings (SSSR count). The van der Waals surface area contributed by atoms with Gasteiger partial charge >= 0.3 is 0 Å². The lowest BCUT2D eigenvalue weighted by Crippen LogP contribution is -2.35. The summed E-state index contributed by atoms with van der Waals surface area (Å²) in [6.45, 7) is 0.832. The third-order valence-corrected chi connectivity index (χ3v) is 2.39. The fourth-order valence-electron chi connectivity index (χ4n) is 1.52. The van der Waals surface area contributed by atoms with Crippen LogP contribution < -0.4 is 5.32 Å². The molecule has 15 heavy (non-hydrogen) atoms. The molecule has 1 aromatic carbocycles. The van der Waals surface area contributed by atoms with Crippen LogP contribution >= 0.6 is 12.4 Å². The summed E-state index contributed by atoms with van der Waals surface area (Å²) in [6, 6.07) is 3.49. The first-order chi connectivity index (χ1) is 6.68. The summed E-state index contributed by atoms with van der Waals surface area (Å²) in [6.07, 6.45) is 0.824. The largest absolute Gasteiger partial charge is 0.310 e. The van der Waals surface area contributed by atoms with Crippen molar-refractivity contribution in [1.82, 2.24) is 5.32 Å². The van der Waals surface area contributed by atoms with Gasteiger partial charge in [-0.2, -0.15) is 0 Å². The molecule has 1 saturated heterocycles. The van der Waals surface area contributed by atoms with Gasteiger partial charge in [-0.05, 0) is 25.1 Å². The number of hydrogen-bond donors (Lipinski definition) is 1. The van der Waals surface area contributed by atoms with Crippen LogP contribution in [0.3, 0.4) is 0 Å². The van der Waals surface area contributed by atoms with E-state index in [1.165, 1.54) is 12.1 Å². The molecule has 4 nitrogen and oxygen atoms in total. The van der Waals surface area contributed by atoms with Crippen molar-refractivity contribution in [2.45, 2.75) is 12.5 Å². The molecule has 1 atom stereocenters. The molecule has 0 aliphatic carbocycles. The molecular weight excluding hydrogens is 223 g/mol. The fraction of sp³-hybridized carbons (Fsp3) is 0.333. The minimum atomic E-state index is -0.477. The van der Waals surface area contributed by atoms with Gasteiger partial charge in [0.1, 0.15) is 5.82 Å². The number of hydrogen-bond acceptors (Lipinski definition) is 3. The predicted octanol–water partition coefficient (Wildman–Crippen LogP) is 2.19. The molecule has 1 aliphatic heterocycles. The summed E-state index contributed by atoms with van der Waals surface area (Å²) in [5, 5.41) is 13.6. The normalized spacial score (nSPS) is 18.9. The van der Waals surface area contributed by atoms with Crippen molar-refractivity contribution in [1.29, 1.82) is 0 Å². The molecule has 1 aromatic rings. The van der Waals surface area contributed by atoms with E-state index >= 15 is 0 Å². The van der Waals surface area contributed by atoms with E-state index in [2.05, 4.69) is 5.32 Å². The van der Waals surface area contributed by atoms with Crippen LogP contribution in [0.1, 0.15) is 18.0 Å². The minimum absolute atomic E-state index is 0. The monoisotopic (exact) mass is 232 g/mol. The van der Waals surface area contributed by atoms with Gasteiger partial charge in [-0.3, -0.25) is 10.1 Å². The Morgan fingerprint density at radius 2 is 2.20 bits per heavy atom. The molecule has 0 amide bonds. The van der Waals surface area contributed by atoms with Gasteiger partial charge < -0.3 is 5.32 Å². The smallest absolute Gasteiger partial charge is 0.274 e. The second-order valence-corrected chi connectivity index (χ2v) is 3.26. The molecule has 6 heteroatoms. The SMILES string of the molecule is Cl.O=[N+]([O-])c1ccc(F)cc1[C@H]1CCN1. The Morgan fingerprint density at radius 3 is 2.67 bits per heavy atom. The molecule has 1 aliphatic rings. The quantitative estimate of drug-likeness (QED) is 0.628. The van der Waals surface area contributed by atoms with Gasteiger partial charge in [-0.1, -0.05) is 0 Å². The number of halogens is 2.